The van der Waals surface area contributed by atoms with Crippen LogP contribution in [0, 0.1) is 0 Å². The lowest BCUT2D eigenvalue weighted by Gasteiger charge is -2.18. The summed E-state index contributed by atoms with van der Waals surface area (Å²) in [6, 6.07) is 0. The van der Waals surface area contributed by atoms with Crippen molar-refractivity contribution in [2.24, 2.45) is 0 Å². The summed E-state index contributed by atoms with van der Waals surface area (Å²) >= 11 is 0. The molecule has 6 nitrogen and oxygen atoms in total. The molecule has 0 saturated heterocycles. The van der Waals surface area contributed by atoms with Crippen LogP contribution in [-0.2, 0) is 28.6 Å². The Morgan fingerprint density at radius 1 is 0.404 bits per heavy atom. The highest BCUT2D eigenvalue weighted by molar-refractivity contribution is 5.72. The van der Waals surface area contributed by atoms with Crippen LogP contribution in [0.4, 0.5) is 0 Å². The summed E-state index contributed by atoms with van der Waals surface area (Å²) in [5.41, 5.74) is 0. The van der Waals surface area contributed by atoms with Crippen LogP contribution in [0.5, 0.6) is 0 Å². The summed E-state index contributed by atoms with van der Waals surface area (Å²) in [5, 5.41) is 0. The van der Waals surface area contributed by atoms with Crippen LogP contribution < -0.4 is 0 Å². The Morgan fingerprint density at radius 3 is 1.35 bits per heavy atom. The second-order valence-electron chi connectivity index (χ2n) is 15.3. The molecule has 326 valence electrons. The number of carbonyl (C=O) groups excluding carboxylic acids is 3. The molecule has 0 bridgehead atoms. The Morgan fingerprint density at radius 2 is 0.825 bits per heavy atom. The van der Waals surface area contributed by atoms with Gasteiger partial charge in [0.05, 0.1) is 6.42 Å². The fourth-order valence-corrected chi connectivity index (χ4v) is 6.33. The number of hydrogen-bond acceptors (Lipinski definition) is 6. The first kappa shape index (κ1) is 53.9. The van der Waals surface area contributed by atoms with Crippen LogP contribution in [-0.4, -0.2) is 37.2 Å². The lowest BCUT2D eigenvalue weighted by Crippen LogP contribution is -2.30. The third kappa shape index (κ3) is 43.8. The second-order valence-corrected chi connectivity index (χ2v) is 15.3. The normalized spacial score (nSPS) is 12.7. The summed E-state index contributed by atoms with van der Waals surface area (Å²) in [4.78, 5) is 37.7. The number of esters is 3. The van der Waals surface area contributed by atoms with Gasteiger partial charge in [-0.2, -0.15) is 0 Å². The molecule has 0 N–H and O–H groups in total. The Balaban J connectivity index is 4.41. The van der Waals surface area contributed by atoms with E-state index < -0.39 is 12.1 Å². The van der Waals surface area contributed by atoms with Gasteiger partial charge < -0.3 is 14.2 Å². The quantitative estimate of drug-likeness (QED) is 0.0202. The lowest BCUT2D eigenvalue weighted by molar-refractivity contribution is -0.166. The molecule has 0 heterocycles. The van der Waals surface area contributed by atoms with Crippen LogP contribution in [0.15, 0.2) is 72.9 Å². The average molecular weight is 795 g/mol. The Hall–Kier alpha value is -3.15. The molecule has 0 aliphatic rings. The van der Waals surface area contributed by atoms with Gasteiger partial charge in [0.1, 0.15) is 13.2 Å². The van der Waals surface area contributed by atoms with Crippen molar-refractivity contribution in [1.82, 2.24) is 0 Å². The molecule has 1 atom stereocenters. The summed E-state index contributed by atoms with van der Waals surface area (Å²) in [7, 11) is 0. The van der Waals surface area contributed by atoms with Crippen LogP contribution in [0.25, 0.3) is 0 Å². The molecule has 1 unspecified atom stereocenters. The minimum atomic E-state index is -0.811. The first-order valence-electron chi connectivity index (χ1n) is 23.5. The van der Waals surface area contributed by atoms with Gasteiger partial charge in [0.25, 0.3) is 0 Å². The Kier molecular flexibility index (Phi) is 43.0. The van der Waals surface area contributed by atoms with Gasteiger partial charge >= 0.3 is 17.9 Å². The minimum Gasteiger partial charge on any atom is -0.462 e. The molecule has 0 amide bonds. The van der Waals surface area contributed by atoms with E-state index in [1.165, 1.54) is 103 Å². The van der Waals surface area contributed by atoms with E-state index >= 15 is 0 Å². The van der Waals surface area contributed by atoms with Gasteiger partial charge in [-0.25, -0.2) is 0 Å². The van der Waals surface area contributed by atoms with E-state index in [2.05, 4.69) is 81.5 Å². The van der Waals surface area contributed by atoms with E-state index in [1.54, 1.807) is 6.08 Å². The van der Waals surface area contributed by atoms with Crippen LogP contribution in [0.3, 0.4) is 0 Å². The summed E-state index contributed by atoms with van der Waals surface area (Å²) in [6.07, 6.45) is 56.3. The monoisotopic (exact) mass is 795 g/mol. The number of carbonyl (C=O) groups is 3. The largest absolute Gasteiger partial charge is 0.462 e. The maximum atomic E-state index is 12.7. The zero-order valence-electron chi connectivity index (χ0n) is 37.1. The van der Waals surface area contributed by atoms with Gasteiger partial charge in [0, 0.05) is 12.8 Å². The summed E-state index contributed by atoms with van der Waals surface area (Å²) < 4.78 is 16.6. The van der Waals surface area contributed by atoms with Crippen molar-refractivity contribution in [2.45, 2.75) is 219 Å². The molecule has 0 rings (SSSR count). The molecule has 0 saturated carbocycles. The van der Waals surface area contributed by atoms with E-state index in [4.69, 9.17) is 14.2 Å². The third-order valence-corrected chi connectivity index (χ3v) is 9.80. The maximum Gasteiger partial charge on any atom is 0.309 e. The molecule has 0 aliphatic carbocycles. The van der Waals surface area contributed by atoms with Gasteiger partial charge in [-0.1, -0.05) is 216 Å². The Bertz CT molecular complexity index is 1100. The molecule has 0 aromatic heterocycles. The van der Waals surface area contributed by atoms with Crippen molar-refractivity contribution in [3.8, 4) is 0 Å². The summed E-state index contributed by atoms with van der Waals surface area (Å²) in [5.74, 6) is -1.05. The van der Waals surface area contributed by atoms with Crippen molar-refractivity contribution in [1.29, 1.82) is 0 Å². The standard InChI is InChI=1S/C51H86O6/c1-4-7-10-13-16-19-21-23-25-27-29-32-35-38-41-44-50(53)56-47-48(46-55-49(52)43-40-37-34-31-18-15-12-9-6-3)57-51(54)45-42-39-36-33-30-28-26-24-22-20-17-14-11-8-5-2/h7,9-10,12-13,16,18-19,21,31,37,40,48H,4-6,8,11,14-15,17,20,22-30,32-36,38-39,41-47H2,1-3H3/b10-7-,12-9-,16-13-,21-19-,31-18-,40-37-. The topological polar surface area (TPSA) is 78.9 Å². The lowest BCUT2D eigenvalue weighted by atomic mass is 10.0. The maximum absolute atomic E-state index is 12.7. The molecule has 0 aromatic carbocycles. The first-order chi connectivity index (χ1) is 28.0. The molecule has 0 aliphatic heterocycles. The van der Waals surface area contributed by atoms with E-state index in [1.807, 2.05) is 6.08 Å². The number of hydrogen-bond donors (Lipinski definition) is 0. The van der Waals surface area contributed by atoms with Crippen molar-refractivity contribution in [2.75, 3.05) is 13.2 Å². The van der Waals surface area contributed by atoms with E-state index in [0.717, 1.165) is 70.6 Å². The zero-order valence-corrected chi connectivity index (χ0v) is 37.1. The van der Waals surface area contributed by atoms with Crippen molar-refractivity contribution >= 4 is 17.9 Å². The SMILES string of the molecule is CC\C=C/C=C\C=C/CCCCCCCCCC(=O)OCC(COC(=O)C/C=C\C/C=C\C/C=C\CC)OC(=O)CCCCCCCCCCCCCCCCC. The fourth-order valence-electron chi connectivity index (χ4n) is 6.33. The average Bonchev–Trinajstić information content (AvgIpc) is 3.21. The highest BCUT2D eigenvalue weighted by Crippen LogP contribution is 2.15. The van der Waals surface area contributed by atoms with Gasteiger partial charge in [0.2, 0.25) is 0 Å². The van der Waals surface area contributed by atoms with Gasteiger partial charge in [0.15, 0.2) is 6.10 Å². The van der Waals surface area contributed by atoms with E-state index in [-0.39, 0.29) is 31.6 Å². The van der Waals surface area contributed by atoms with E-state index in [9.17, 15) is 14.4 Å². The number of unbranched alkanes of at least 4 members (excludes halogenated alkanes) is 21. The molecular weight excluding hydrogens is 709 g/mol. The zero-order chi connectivity index (χ0) is 41.5. The van der Waals surface area contributed by atoms with Crippen LogP contribution >= 0.6 is 0 Å². The van der Waals surface area contributed by atoms with Crippen LogP contribution in [0.2, 0.25) is 0 Å². The van der Waals surface area contributed by atoms with E-state index in [0.29, 0.717) is 12.8 Å². The smallest absolute Gasteiger partial charge is 0.309 e. The van der Waals surface area contributed by atoms with Crippen molar-refractivity contribution in [3.05, 3.63) is 72.9 Å². The first-order valence-corrected chi connectivity index (χ1v) is 23.5. The summed E-state index contributed by atoms with van der Waals surface area (Å²) in [6.45, 7) is 6.28. The van der Waals surface area contributed by atoms with Gasteiger partial charge in [-0.3, -0.25) is 14.4 Å². The van der Waals surface area contributed by atoms with Crippen LogP contribution in [0.1, 0.15) is 213 Å². The molecule has 0 spiro atoms. The highest BCUT2D eigenvalue weighted by atomic mass is 16.6. The van der Waals surface area contributed by atoms with Gasteiger partial charge in [-0.05, 0) is 51.4 Å². The van der Waals surface area contributed by atoms with Crippen molar-refractivity contribution in [3.63, 3.8) is 0 Å². The van der Waals surface area contributed by atoms with Gasteiger partial charge in [-0.15, -0.1) is 0 Å². The molecule has 0 fully saturated rings. The number of rotatable bonds is 41. The number of ether oxygens (including phenoxy) is 3. The predicted molar refractivity (Wildman–Crippen MR) is 242 cm³/mol. The second kappa shape index (κ2) is 45.6. The highest BCUT2D eigenvalue weighted by Gasteiger charge is 2.19. The Labute approximate surface area is 351 Å². The molecule has 57 heavy (non-hydrogen) atoms. The molecule has 0 radical (unpaired) electrons. The molecule has 0 aromatic rings. The molecular formula is C51H86O6. The molecule has 6 heteroatoms. The third-order valence-electron chi connectivity index (χ3n) is 9.80. The fraction of sp³-hybridized carbons (Fsp3) is 0.706. The van der Waals surface area contributed by atoms with Crippen molar-refractivity contribution < 1.29 is 28.6 Å². The predicted octanol–water partition coefficient (Wildman–Crippen LogP) is 15.1. The number of allylic oxidation sites excluding steroid dienone is 11. The minimum absolute atomic E-state index is 0.108.